The van der Waals surface area contributed by atoms with E-state index in [2.05, 4.69) is 33.9 Å². The van der Waals surface area contributed by atoms with Crippen LogP contribution in [0.5, 0.6) is 0 Å². The van der Waals surface area contributed by atoms with Crippen LogP contribution in [0.2, 0.25) is 0 Å². The zero-order valence-electron chi connectivity index (χ0n) is 22.2. The van der Waals surface area contributed by atoms with Crippen LogP contribution < -0.4 is 0 Å². The first kappa shape index (κ1) is 28.8. The van der Waals surface area contributed by atoms with E-state index >= 15 is 0 Å². The summed E-state index contributed by atoms with van der Waals surface area (Å²) >= 11 is 1.68. The molecule has 3 fully saturated rings. The number of carbonyl (C=O) groups excluding carboxylic acids is 3. The van der Waals surface area contributed by atoms with Crippen molar-refractivity contribution in [1.29, 1.82) is 0 Å². The van der Waals surface area contributed by atoms with Crippen molar-refractivity contribution < 1.29 is 24.2 Å². The first-order chi connectivity index (χ1) is 17.3. The maximum Gasteiger partial charge on any atom is 0.311 e. The third-order valence-electron chi connectivity index (χ3n) is 8.25. The molecule has 7 atom stereocenters. The normalized spacial score (nSPS) is 31.3. The standard InChI is InChI=1S/C28H44N2O5S/c1-6-13-20(5)29(14-7-2)26(33)24-28-19(4)18-21(36-28)22(27(34)35-17-8-3)23(28)25(32)30(24)15-11-9-10-12-16-31/h7-8,19-24,31H,2-3,6,9-18H2,1,4-5H3/t19?,20?,21-,22+,23+,24?,28?/m1/s1. The second-order valence-electron chi connectivity index (χ2n) is 10.6. The van der Waals surface area contributed by atoms with Crippen LogP contribution in [0.15, 0.2) is 25.3 Å². The lowest BCUT2D eigenvalue weighted by Crippen LogP contribution is -2.58. The molecule has 202 valence electrons. The highest BCUT2D eigenvalue weighted by Gasteiger charge is 2.76. The van der Waals surface area contributed by atoms with Gasteiger partial charge in [0.15, 0.2) is 0 Å². The van der Waals surface area contributed by atoms with Gasteiger partial charge in [-0.1, -0.05) is 51.8 Å². The highest BCUT2D eigenvalue weighted by molar-refractivity contribution is 8.02. The fraction of sp³-hybridized carbons (Fsp3) is 0.750. The number of fused-ring (bicyclic) bond motifs is 1. The number of likely N-dealkylation sites (tertiary alicyclic amines) is 1. The molecule has 3 rings (SSSR count). The maximum atomic E-state index is 14.4. The Hall–Kier alpha value is -1.80. The molecule has 1 N–H and O–H groups in total. The average Bonchev–Trinajstić information content (AvgIpc) is 3.44. The molecule has 7 nitrogen and oxygen atoms in total. The van der Waals surface area contributed by atoms with Gasteiger partial charge in [0.25, 0.3) is 0 Å². The first-order valence-electron chi connectivity index (χ1n) is 13.6. The molecule has 2 amide bonds. The highest BCUT2D eigenvalue weighted by atomic mass is 32.2. The number of rotatable bonds is 15. The second kappa shape index (κ2) is 12.6. The lowest BCUT2D eigenvalue weighted by molar-refractivity contribution is -0.153. The molecule has 3 aliphatic rings. The molecule has 8 heteroatoms. The van der Waals surface area contributed by atoms with Gasteiger partial charge in [0.05, 0.1) is 16.6 Å². The van der Waals surface area contributed by atoms with Crippen LogP contribution in [-0.2, 0) is 19.1 Å². The molecule has 0 aromatic rings. The number of amides is 2. The number of nitrogens with zero attached hydrogens (tertiary/aromatic N) is 2. The van der Waals surface area contributed by atoms with Gasteiger partial charge < -0.3 is 19.6 Å². The minimum Gasteiger partial charge on any atom is -0.461 e. The summed E-state index contributed by atoms with van der Waals surface area (Å²) in [6.45, 7) is 15.0. The van der Waals surface area contributed by atoms with E-state index in [1.807, 2.05) is 4.90 Å². The van der Waals surface area contributed by atoms with Gasteiger partial charge >= 0.3 is 5.97 Å². The smallest absolute Gasteiger partial charge is 0.311 e. The van der Waals surface area contributed by atoms with Crippen LogP contribution in [0.1, 0.15) is 65.7 Å². The number of thioether (sulfide) groups is 1. The molecule has 0 aromatic heterocycles. The van der Waals surface area contributed by atoms with Gasteiger partial charge in [0, 0.05) is 31.0 Å². The predicted octanol–water partition coefficient (Wildman–Crippen LogP) is 3.81. The van der Waals surface area contributed by atoms with Gasteiger partial charge in [0.1, 0.15) is 12.6 Å². The van der Waals surface area contributed by atoms with Crippen molar-refractivity contribution in [3.63, 3.8) is 0 Å². The van der Waals surface area contributed by atoms with Crippen molar-refractivity contribution >= 4 is 29.5 Å². The third kappa shape index (κ3) is 5.13. The van der Waals surface area contributed by atoms with Gasteiger partial charge in [-0.25, -0.2) is 0 Å². The Kier molecular flexibility index (Phi) is 10.1. The average molecular weight is 521 g/mol. The Morgan fingerprint density at radius 2 is 2.00 bits per heavy atom. The number of aliphatic hydroxyl groups is 1. The molecule has 3 heterocycles. The number of ether oxygens (including phenoxy) is 1. The first-order valence-corrected chi connectivity index (χ1v) is 14.5. The SMILES string of the molecule is C=CCOC(=O)[C@@H]1[C@H]2C(=O)N(CCCCCCO)C(C(=O)N(CC=C)C(C)CCC)C23S[C@@H]1CC3C. The number of hydrogen-bond donors (Lipinski definition) is 1. The van der Waals surface area contributed by atoms with Crippen molar-refractivity contribution in [1.82, 2.24) is 9.80 Å². The largest absolute Gasteiger partial charge is 0.461 e. The molecule has 36 heavy (non-hydrogen) atoms. The number of aliphatic hydroxyl groups excluding tert-OH is 1. The highest BCUT2D eigenvalue weighted by Crippen LogP contribution is 2.68. The molecular formula is C28H44N2O5S. The monoisotopic (exact) mass is 520 g/mol. The van der Waals surface area contributed by atoms with E-state index in [9.17, 15) is 14.4 Å². The topological polar surface area (TPSA) is 87.1 Å². The number of hydrogen-bond acceptors (Lipinski definition) is 6. The van der Waals surface area contributed by atoms with Gasteiger partial charge in [-0.05, 0) is 38.5 Å². The van der Waals surface area contributed by atoms with E-state index in [-0.39, 0.29) is 48.2 Å². The predicted molar refractivity (Wildman–Crippen MR) is 143 cm³/mol. The summed E-state index contributed by atoms with van der Waals surface area (Å²) in [7, 11) is 0. The van der Waals surface area contributed by atoms with Gasteiger partial charge in [0.2, 0.25) is 11.8 Å². The summed E-state index contributed by atoms with van der Waals surface area (Å²) < 4.78 is 4.82. The van der Waals surface area contributed by atoms with E-state index in [1.54, 1.807) is 28.8 Å². The Labute approximate surface area is 220 Å². The Morgan fingerprint density at radius 3 is 2.64 bits per heavy atom. The molecule has 4 unspecified atom stereocenters. The van der Waals surface area contributed by atoms with E-state index in [0.717, 1.165) is 44.9 Å². The summed E-state index contributed by atoms with van der Waals surface area (Å²) in [5.41, 5.74) is 0. The summed E-state index contributed by atoms with van der Waals surface area (Å²) in [5, 5.41) is 9.10. The van der Waals surface area contributed by atoms with Crippen LogP contribution in [0.25, 0.3) is 0 Å². The van der Waals surface area contributed by atoms with Crippen LogP contribution in [0.4, 0.5) is 0 Å². The fourth-order valence-electron chi connectivity index (χ4n) is 6.65. The lowest BCUT2D eigenvalue weighted by atomic mass is 9.66. The van der Waals surface area contributed by atoms with E-state index in [4.69, 9.17) is 9.84 Å². The molecule has 2 bridgehead atoms. The molecule has 0 aliphatic carbocycles. The lowest BCUT2D eigenvalue weighted by Gasteiger charge is -2.41. The fourth-order valence-corrected chi connectivity index (χ4v) is 9.05. The van der Waals surface area contributed by atoms with Crippen LogP contribution >= 0.6 is 11.8 Å². The van der Waals surface area contributed by atoms with Crippen molar-refractivity contribution in [2.75, 3.05) is 26.3 Å². The molecule has 3 saturated heterocycles. The van der Waals surface area contributed by atoms with E-state index < -0.39 is 22.6 Å². The van der Waals surface area contributed by atoms with Crippen LogP contribution in [0.3, 0.4) is 0 Å². The molecule has 3 aliphatic heterocycles. The summed E-state index contributed by atoms with van der Waals surface area (Å²) in [6, 6.07) is -0.570. The number of unbranched alkanes of at least 4 members (excludes halogenated alkanes) is 3. The Balaban J connectivity index is 1.99. The van der Waals surface area contributed by atoms with Gasteiger partial charge in [-0.3, -0.25) is 14.4 Å². The number of carbonyl (C=O) groups is 3. The minimum atomic E-state index is -0.632. The van der Waals surface area contributed by atoms with Crippen LogP contribution in [-0.4, -0.2) is 81.1 Å². The van der Waals surface area contributed by atoms with Crippen molar-refractivity contribution in [3.05, 3.63) is 25.3 Å². The van der Waals surface area contributed by atoms with Gasteiger partial charge in [-0.15, -0.1) is 18.3 Å². The molecular weight excluding hydrogens is 476 g/mol. The molecule has 0 saturated carbocycles. The van der Waals surface area contributed by atoms with Crippen LogP contribution in [0, 0.1) is 17.8 Å². The summed E-state index contributed by atoms with van der Waals surface area (Å²) in [6.07, 6.45) is 9.18. The second-order valence-corrected chi connectivity index (χ2v) is 12.1. The summed E-state index contributed by atoms with van der Waals surface area (Å²) in [5.74, 6) is -1.41. The third-order valence-corrected chi connectivity index (χ3v) is 10.3. The van der Waals surface area contributed by atoms with Crippen molar-refractivity contribution in [2.45, 2.75) is 87.8 Å². The van der Waals surface area contributed by atoms with Gasteiger partial charge in [-0.2, -0.15) is 0 Å². The minimum absolute atomic E-state index is 0.0193. The van der Waals surface area contributed by atoms with E-state index in [0.29, 0.717) is 13.1 Å². The zero-order valence-corrected chi connectivity index (χ0v) is 23.0. The zero-order chi connectivity index (χ0) is 26.5. The number of esters is 1. The van der Waals surface area contributed by atoms with E-state index in [1.165, 1.54) is 0 Å². The Bertz CT molecular complexity index is 835. The van der Waals surface area contributed by atoms with Crippen molar-refractivity contribution in [2.24, 2.45) is 17.8 Å². The van der Waals surface area contributed by atoms with Crippen molar-refractivity contribution in [3.8, 4) is 0 Å². The Morgan fingerprint density at radius 1 is 1.28 bits per heavy atom. The maximum absolute atomic E-state index is 14.4. The molecule has 0 aromatic carbocycles. The summed E-state index contributed by atoms with van der Waals surface area (Å²) in [4.78, 5) is 45.3. The molecule has 1 spiro atoms. The molecule has 0 radical (unpaired) electrons. The quantitative estimate of drug-likeness (QED) is 0.201.